The Labute approximate surface area is 158 Å². The van der Waals surface area contributed by atoms with Crippen LogP contribution in [-0.2, 0) is 6.42 Å². The van der Waals surface area contributed by atoms with Gasteiger partial charge in [-0.2, -0.15) is 0 Å². The first-order chi connectivity index (χ1) is 12.1. The molecule has 132 valence electrons. The van der Waals surface area contributed by atoms with Crippen molar-refractivity contribution in [3.63, 3.8) is 0 Å². The lowest BCUT2D eigenvalue weighted by Crippen LogP contribution is -2.25. The second-order valence-corrected chi connectivity index (χ2v) is 8.28. The zero-order valence-electron chi connectivity index (χ0n) is 15.1. The lowest BCUT2D eigenvalue weighted by molar-refractivity contribution is 0.360. The van der Waals surface area contributed by atoms with Gasteiger partial charge in [-0.05, 0) is 100 Å². The van der Waals surface area contributed by atoms with Crippen molar-refractivity contribution in [2.75, 3.05) is 14.2 Å². The molecular weight excluding hydrogens is 376 g/mol. The minimum atomic E-state index is 0.602. The molecule has 2 aromatic rings. The molecule has 4 rings (SSSR count). The van der Waals surface area contributed by atoms with Gasteiger partial charge in [-0.3, -0.25) is 0 Å². The fourth-order valence-electron chi connectivity index (χ4n) is 5.03. The molecule has 0 bridgehead atoms. The standard InChI is InChI=1S/C22H25BrO2/c1-13-9-14(7-8-21(13)24-2)18-10-15-11-20(23)22(25-3)12-19(15)17-6-4-5-16(17)18/h7-9,11-12,16-18H,4-6,10H2,1-3H3/t16-,17+,18-/m0/s1. The minimum absolute atomic E-state index is 0.602. The van der Waals surface area contributed by atoms with E-state index in [1.165, 1.54) is 41.5 Å². The van der Waals surface area contributed by atoms with Crippen molar-refractivity contribution >= 4 is 15.9 Å². The number of aryl methyl sites for hydroxylation is 1. The van der Waals surface area contributed by atoms with Crippen LogP contribution in [0.5, 0.6) is 11.5 Å². The second-order valence-electron chi connectivity index (χ2n) is 7.43. The monoisotopic (exact) mass is 400 g/mol. The Morgan fingerprint density at radius 1 is 0.960 bits per heavy atom. The Bertz CT molecular complexity index is 799. The molecule has 1 fully saturated rings. The van der Waals surface area contributed by atoms with Crippen LogP contribution in [0.2, 0.25) is 0 Å². The number of fused-ring (bicyclic) bond motifs is 3. The molecule has 0 aliphatic heterocycles. The molecule has 0 spiro atoms. The fourth-order valence-corrected chi connectivity index (χ4v) is 5.58. The van der Waals surface area contributed by atoms with E-state index in [2.05, 4.69) is 53.2 Å². The van der Waals surface area contributed by atoms with Gasteiger partial charge < -0.3 is 9.47 Å². The summed E-state index contributed by atoms with van der Waals surface area (Å²) in [5.41, 5.74) is 5.70. The molecule has 0 unspecified atom stereocenters. The van der Waals surface area contributed by atoms with Crippen LogP contribution in [0.3, 0.4) is 0 Å². The molecule has 2 nitrogen and oxygen atoms in total. The molecule has 2 aliphatic carbocycles. The van der Waals surface area contributed by atoms with Gasteiger partial charge in [0.2, 0.25) is 0 Å². The van der Waals surface area contributed by atoms with Crippen molar-refractivity contribution < 1.29 is 9.47 Å². The van der Waals surface area contributed by atoms with Crippen molar-refractivity contribution in [3.8, 4) is 11.5 Å². The Hall–Kier alpha value is -1.48. The van der Waals surface area contributed by atoms with Gasteiger partial charge in [-0.1, -0.05) is 18.6 Å². The summed E-state index contributed by atoms with van der Waals surface area (Å²) in [5, 5.41) is 0. The molecule has 0 amide bonds. The van der Waals surface area contributed by atoms with E-state index in [4.69, 9.17) is 9.47 Å². The summed E-state index contributed by atoms with van der Waals surface area (Å²) in [6.07, 6.45) is 5.08. The maximum absolute atomic E-state index is 5.55. The van der Waals surface area contributed by atoms with Crippen LogP contribution >= 0.6 is 15.9 Å². The Morgan fingerprint density at radius 2 is 1.76 bits per heavy atom. The lowest BCUT2D eigenvalue weighted by Gasteiger charge is -2.37. The summed E-state index contributed by atoms with van der Waals surface area (Å²) in [6, 6.07) is 11.3. The first kappa shape index (κ1) is 17.0. The highest BCUT2D eigenvalue weighted by Crippen LogP contribution is 2.54. The predicted molar refractivity (Wildman–Crippen MR) is 105 cm³/mol. The van der Waals surface area contributed by atoms with Crippen LogP contribution in [0.25, 0.3) is 0 Å². The number of halogens is 1. The third-order valence-electron chi connectivity index (χ3n) is 6.19. The Balaban J connectivity index is 1.76. The maximum Gasteiger partial charge on any atom is 0.133 e. The van der Waals surface area contributed by atoms with E-state index >= 15 is 0 Å². The number of ether oxygens (including phenoxy) is 2. The van der Waals surface area contributed by atoms with Gasteiger partial charge >= 0.3 is 0 Å². The van der Waals surface area contributed by atoms with E-state index in [0.29, 0.717) is 11.8 Å². The van der Waals surface area contributed by atoms with Crippen molar-refractivity contribution in [1.29, 1.82) is 0 Å². The molecular formula is C22H25BrO2. The van der Waals surface area contributed by atoms with Crippen LogP contribution < -0.4 is 9.47 Å². The van der Waals surface area contributed by atoms with Gasteiger partial charge in [0, 0.05) is 0 Å². The number of hydrogen-bond donors (Lipinski definition) is 0. The van der Waals surface area contributed by atoms with Crippen molar-refractivity contribution in [1.82, 2.24) is 0 Å². The molecule has 2 aliphatic rings. The average Bonchev–Trinajstić information content (AvgIpc) is 3.10. The highest BCUT2D eigenvalue weighted by molar-refractivity contribution is 9.10. The van der Waals surface area contributed by atoms with E-state index in [1.54, 1.807) is 14.2 Å². The number of rotatable bonds is 3. The quantitative estimate of drug-likeness (QED) is 0.628. The van der Waals surface area contributed by atoms with E-state index < -0.39 is 0 Å². The smallest absolute Gasteiger partial charge is 0.133 e. The summed E-state index contributed by atoms with van der Waals surface area (Å²) in [6.45, 7) is 2.15. The zero-order chi connectivity index (χ0) is 17.6. The minimum Gasteiger partial charge on any atom is -0.496 e. The molecule has 0 aromatic heterocycles. The molecule has 0 radical (unpaired) electrons. The zero-order valence-corrected chi connectivity index (χ0v) is 16.7. The van der Waals surface area contributed by atoms with Gasteiger partial charge in [-0.15, -0.1) is 0 Å². The van der Waals surface area contributed by atoms with Gasteiger partial charge in [0.25, 0.3) is 0 Å². The Kier molecular flexibility index (Phi) is 4.53. The summed E-state index contributed by atoms with van der Waals surface area (Å²) in [4.78, 5) is 0. The molecule has 25 heavy (non-hydrogen) atoms. The number of methoxy groups -OCH3 is 2. The maximum atomic E-state index is 5.55. The van der Waals surface area contributed by atoms with Crippen LogP contribution in [-0.4, -0.2) is 14.2 Å². The average molecular weight is 401 g/mol. The van der Waals surface area contributed by atoms with E-state index in [9.17, 15) is 0 Å². The lowest BCUT2D eigenvalue weighted by atomic mass is 9.68. The van der Waals surface area contributed by atoms with Crippen LogP contribution in [0, 0.1) is 12.8 Å². The highest BCUT2D eigenvalue weighted by atomic mass is 79.9. The molecule has 3 heteroatoms. The summed E-state index contributed by atoms with van der Waals surface area (Å²) in [5.74, 6) is 3.95. The van der Waals surface area contributed by atoms with E-state index in [1.807, 2.05) is 0 Å². The second kappa shape index (κ2) is 6.68. The van der Waals surface area contributed by atoms with Crippen LogP contribution in [0.15, 0.2) is 34.8 Å². The number of benzene rings is 2. The van der Waals surface area contributed by atoms with Gasteiger partial charge in [-0.25, -0.2) is 0 Å². The van der Waals surface area contributed by atoms with Gasteiger partial charge in [0.15, 0.2) is 0 Å². The Morgan fingerprint density at radius 3 is 2.48 bits per heavy atom. The number of hydrogen-bond acceptors (Lipinski definition) is 2. The third-order valence-corrected chi connectivity index (χ3v) is 6.81. The van der Waals surface area contributed by atoms with Crippen LogP contribution in [0.4, 0.5) is 0 Å². The molecule has 1 saturated carbocycles. The summed E-state index contributed by atoms with van der Waals surface area (Å²) < 4.78 is 12.1. The summed E-state index contributed by atoms with van der Waals surface area (Å²) >= 11 is 3.67. The normalized spacial score (nSPS) is 24.6. The highest BCUT2D eigenvalue weighted by Gasteiger charge is 2.40. The molecule has 2 aromatic carbocycles. The third kappa shape index (κ3) is 2.87. The van der Waals surface area contributed by atoms with Crippen molar-refractivity contribution in [2.45, 2.75) is 44.4 Å². The van der Waals surface area contributed by atoms with E-state index in [-0.39, 0.29) is 0 Å². The van der Waals surface area contributed by atoms with Crippen molar-refractivity contribution in [3.05, 3.63) is 57.1 Å². The predicted octanol–water partition coefficient (Wildman–Crippen LogP) is 6.00. The first-order valence-electron chi connectivity index (χ1n) is 9.13. The molecule has 0 saturated heterocycles. The van der Waals surface area contributed by atoms with Crippen LogP contribution in [0.1, 0.15) is 53.4 Å². The van der Waals surface area contributed by atoms with Gasteiger partial charge in [0.05, 0.1) is 18.7 Å². The summed E-state index contributed by atoms with van der Waals surface area (Å²) in [7, 11) is 3.50. The van der Waals surface area contributed by atoms with E-state index in [0.717, 1.165) is 28.3 Å². The SMILES string of the molecule is COc1ccc([C@@H]2Cc3cc(Br)c(OC)cc3[C@@H]3CCC[C@H]23)cc1C. The topological polar surface area (TPSA) is 18.5 Å². The van der Waals surface area contributed by atoms with Crippen molar-refractivity contribution in [2.24, 2.45) is 5.92 Å². The first-order valence-corrected chi connectivity index (χ1v) is 9.92. The molecule has 0 heterocycles. The van der Waals surface area contributed by atoms with Gasteiger partial charge in [0.1, 0.15) is 11.5 Å². The molecule has 3 atom stereocenters. The molecule has 0 N–H and O–H groups in total. The largest absolute Gasteiger partial charge is 0.496 e. The fraction of sp³-hybridized carbons (Fsp3) is 0.455.